The summed E-state index contributed by atoms with van der Waals surface area (Å²) in [6, 6.07) is 10.2. The van der Waals surface area contributed by atoms with Gasteiger partial charge < -0.3 is 20.1 Å². The number of ether oxygens (including phenoxy) is 2. The fourth-order valence-corrected chi connectivity index (χ4v) is 3.66. The number of fused-ring (bicyclic) bond motifs is 1. The van der Waals surface area contributed by atoms with Gasteiger partial charge in [0.2, 0.25) is 5.91 Å². The zero-order valence-electron chi connectivity index (χ0n) is 15.9. The van der Waals surface area contributed by atoms with Crippen LogP contribution in [0.3, 0.4) is 0 Å². The Kier molecular flexibility index (Phi) is 6.25. The van der Waals surface area contributed by atoms with Crippen molar-refractivity contribution in [2.75, 3.05) is 24.9 Å². The molecule has 3 rings (SSSR count). The topological polar surface area (TPSA) is 102 Å². The lowest BCUT2D eigenvalue weighted by molar-refractivity contribution is -0.114. The summed E-state index contributed by atoms with van der Waals surface area (Å²) >= 11 is 6.58. The van der Waals surface area contributed by atoms with Crippen LogP contribution in [0.25, 0.3) is 10.2 Å². The molecule has 0 atom stereocenters. The van der Waals surface area contributed by atoms with Crippen LogP contribution in [0.2, 0.25) is 0 Å². The van der Waals surface area contributed by atoms with Crippen LogP contribution < -0.4 is 25.4 Å². The minimum Gasteiger partial charge on any atom is -0.497 e. The first-order valence-corrected chi connectivity index (χ1v) is 9.64. The first-order valence-electron chi connectivity index (χ1n) is 8.41. The molecule has 0 fully saturated rings. The minimum atomic E-state index is -0.409. The van der Waals surface area contributed by atoms with E-state index in [1.807, 2.05) is 6.07 Å². The van der Waals surface area contributed by atoms with Gasteiger partial charge in [0, 0.05) is 24.2 Å². The Morgan fingerprint density at radius 3 is 2.34 bits per heavy atom. The van der Waals surface area contributed by atoms with Gasteiger partial charge in [-0.25, -0.2) is 4.98 Å². The molecular formula is C19H18N4O4S2. The third kappa shape index (κ3) is 5.18. The van der Waals surface area contributed by atoms with Gasteiger partial charge in [-0.1, -0.05) is 11.3 Å². The summed E-state index contributed by atoms with van der Waals surface area (Å²) in [5.41, 5.74) is 1.77. The molecule has 1 aromatic heterocycles. The standard InChI is InChI=1S/C19H18N4O4S2/c1-10(24)20-12-4-5-15-16(8-12)29-19(21-15)23-18(28)22-17(25)11-6-13(26-2)9-14(7-11)27-3/h4-9H,1-3H3,(H,20,24)(H2,21,22,23,25,28). The summed E-state index contributed by atoms with van der Waals surface area (Å²) in [4.78, 5) is 28.1. The van der Waals surface area contributed by atoms with Crippen molar-refractivity contribution in [1.29, 1.82) is 0 Å². The molecule has 8 nitrogen and oxygen atoms in total. The molecule has 0 aliphatic rings. The highest BCUT2D eigenvalue weighted by atomic mass is 32.1. The number of amides is 2. The van der Waals surface area contributed by atoms with Crippen LogP contribution in [0.5, 0.6) is 11.5 Å². The number of rotatable bonds is 5. The Bertz CT molecular complexity index is 1070. The van der Waals surface area contributed by atoms with E-state index in [4.69, 9.17) is 21.7 Å². The number of aromatic nitrogens is 1. The minimum absolute atomic E-state index is 0.109. The van der Waals surface area contributed by atoms with Crippen molar-refractivity contribution >= 4 is 61.5 Å². The molecule has 0 saturated heterocycles. The monoisotopic (exact) mass is 430 g/mol. The van der Waals surface area contributed by atoms with Crippen LogP contribution in [-0.2, 0) is 4.79 Å². The quantitative estimate of drug-likeness (QED) is 0.533. The zero-order valence-corrected chi connectivity index (χ0v) is 17.5. The van der Waals surface area contributed by atoms with Crippen molar-refractivity contribution in [3.05, 3.63) is 42.0 Å². The summed E-state index contributed by atoms with van der Waals surface area (Å²) < 4.78 is 11.2. The Morgan fingerprint density at radius 1 is 1.03 bits per heavy atom. The lowest BCUT2D eigenvalue weighted by Crippen LogP contribution is -2.34. The van der Waals surface area contributed by atoms with E-state index in [0.29, 0.717) is 27.9 Å². The molecule has 150 valence electrons. The number of carbonyl (C=O) groups excluding carboxylic acids is 2. The number of carbonyl (C=O) groups is 2. The SMILES string of the molecule is COc1cc(OC)cc(C(=O)NC(=S)Nc2nc3ccc(NC(C)=O)cc3s2)c1. The average molecular weight is 431 g/mol. The summed E-state index contributed by atoms with van der Waals surface area (Å²) in [6.45, 7) is 1.45. The number of anilines is 2. The maximum Gasteiger partial charge on any atom is 0.257 e. The number of thiazole rings is 1. The number of thiocarbonyl (C=S) groups is 1. The van der Waals surface area contributed by atoms with Gasteiger partial charge in [-0.15, -0.1) is 0 Å². The molecule has 3 N–H and O–H groups in total. The molecular weight excluding hydrogens is 412 g/mol. The van der Waals surface area contributed by atoms with E-state index in [2.05, 4.69) is 20.9 Å². The second-order valence-corrected chi connectivity index (χ2v) is 7.33. The largest absolute Gasteiger partial charge is 0.497 e. The van der Waals surface area contributed by atoms with Crippen molar-refractivity contribution < 1.29 is 19.1 Å². The molecule has 1 heterocycles. The third-order valence-corrected chi connectivity index (χ3v) is 4.91. The highest BCUT2D eigenvalue weighted by molar-refractivity contribution is 7.80. The highest BCUT2D eigenvalue weighted by Gasteiger charge is 2.13. The van der Waals surface area contributed by atoms with Gasteiger partial charge in [-0.05, 0) is 42.5 Å². The second kappa shape index (κ2) is 8.84. The molecule has 10 heteroatoms. The molecule has 0 aliphatic carbocycles. The van der Waals surface area contributed by atoms with Crippen LogP contribution in [0.15, 0.2) is 36.4 Å². The molecule has 0 unspecified atom stereocenters. The smallest absolute Gasteiger partial charge is 0.257 e. The van der Waals surface area contributed by atoms with E-state index in [1.165, 1.54) is 32.5 Å². The van der Waals surface area contributed by atoms with Gasteiger partial charge in [0.25, 0.3) is 5.91 Å². The molecule has 0 saturated carbocycles. The van der Waals surface area contributed by atoms with Crippen LogP contribution in [0.4, 0.5) is 10.8 Å². The fraction of sp³-hybridized carbons (Fsp3) is 0.158. The predicted octanol–water partition coefficient (Wildman–Crippen LogP) is 3.40. The summed E-state index contributed by atoms with van der Waals surface area (Å²) in [5.74, 6) is 0.433. The molecule has 2 amide bonds. The molecule has 29 heavy (non-hydrogen) atoms. The van der Waals surface area contributed by atoms with E-state index in [1.54, 1.807) is 30.3 Å². The number of methoxy groups -OCH3 is 2. The van der Waals surface area contributed by atoms with Gasteiger partial charge >= 0.3 is 0 Å². The molecule has 0 bridgehead atoms. The van der Waals surface area contributed by atoms with Gasteiger partial charge in [0.1, 0.15) is 11.5 Å². The Morgan fingerprint density at radius 2 is 1.72 bits per heavy atom. The third-order valence-electron chi connectivity index (χ3n) is 3.77. The maximum atomic E-state index is 12.5. The number of nitrogens with one attached hydrogen (secondary N) is 3. The van der Waals surface area contributed by atoms with Crippen molar-refractivity contribution in [3.8, 4) is 11.5 Å². The Labute approximate surface area is 176 Å². The van der Waals surface area contributed by atoms with Crippen LogP contribution in [-0.4, -0.2) is 36.1 Å². The van der Waals surface area contributed by atoms with Gasteiger partial charge in [-0.2, -0.15) is 0 Å². The summed E-state index contributed by atoms with van der Waals surface area (Å²) in [7, 11) is 3.01. The maximum absolute atomic E-state index is 12.5. The average Bonchev–Trinajstić information content (AvgIpc) is 3.08. The number of benzene rings is 2. The first-order chi connectivity index (χ1) is 13.9. The molecule has 0 spiro atoms. The van der Waals surface area contributed by atoms with E-state index in [9.17, 15) is 9.59 Å². The molecule has 2 aromatic carbocycles. The lowest BCUT2D eigenvalue weighted by Gasteiger charge is -2.10. The normalized spacial score (nSPS) is 10.3. The highest BCUT2D eigenvalue weighted by Crippen LogP contribution is 2.28. The predicted molar refractivity (Wildman–Crippen MR) is 117 cm³/mol. The van der Waals surface area contributed by atoms with Gasteiger partial charge in [0.05, 0.1) is 24.4 Å². The van der Waals surface area contributed by atoms with E-state index in [-0.39, 0.29) is 11.0 Å². The van der Waals surface area contributed by atoms with Crippen LogP contribution in [0.1, 0.15) is 17.3 Å². The van der Waals surface area contributed by atoms with Crippen LogP contribution >= 0.6 is 23.6 Å². The number of hydrogen-bond acceptors (Lipinski definition) is 7. The van der Waals surface area contributed by atoms with Crippen molar-refractivity contribution in [1.82, 2.24) is 10.3 Å². The fourth-order valence-electron chi connectivity index (χ4n) is 2.50. The Hall–Kier alpha value is -3.24. The van der Waals surface area contributed by atoms with Gasteiger partial charge in [-0.3, -0.25) is 14.9 Å². The Balaban J connectivity index is 1.70. The van der Waals surface area contributed by atoms with Gasteiger partial charge in [0.15, 0.2) is 10.2 Å². The second-order valence-electron chi connectivity index (χ2n) is 5.89. The summed E-state index contributed by atoms with van der Waals surface area (Å²) in [6.07, 6.45) is 0. The first kappa shape index (κ1) is 20.5. The van der Waals surface area contributed by atoms with E-state index < -0.39 is 5.91 Å². The van der Waals surface area contributed by atoms with Crippen LogP contribution in [0, 0.1) is 0 Å². The lowest BCUT2D eigenvalue weighted by atomic mass is 10.2. The molecule has 0 radical (unpaired) electrons. The molecule has 3 aromatic rings. The van der Waals surface area contributed by atoms with E-state index in [0.717, 1.165) is 10.2 Å². The van der Waals surface area contributed by atoms with Crippen molar-refractivity contribution in [3.63, 3.8) is 0 Å². The summed E-state index contributed by atoms with van der Waals surface area (Å²) in [5, 5.41) is 8.87. The zero-order chi connectivity index (χ0) is 21.0. The molecule has 0 aliphatic heterocycles. The van der Waals surface area contributed by atoms with E-state index >= 15 is 0 Å². The van der Waals surface area contributed by atoms with Crippen molar-refractivity contribution in [2.24, 2.45) is 0 Å². The van der Waals surface area contributed by atoms with Crippen molar-refractivity contribution in [2.45, 2.75) is 6.92 Å². The number of nitrogens with zero attached hydrogens (tertiary/aromatic N) is 1. The number of hydrogen-bond donors (Lipinski definition) is 3.